The van der Waals surface area contributed by atoms with E-state index in [9.17, 15) is 19.2 Å². The quantitative estimate of drug-likeness (QED) is 0.379. The van der Waals surface area contributed by atoms with Crippen LogP contribution in [0.5, 0.6) is 11.5 Å². The molecule has 0 saturated carbocycles. The molecule has 160 valence electrons. The molecule has 1 aliphatic carbocycles. The lowest BCUT2D eigenvalue weighted by atomic mass is 9.85. The zero-order valence-electron chi connectivity index (χ0n) is 16.9. The first-order chi connectivity index (χ1) is 14.4. The summed E-state index contributed by atoms with van der Waals surface area (Å²) in [4.78, 5) is 49.6. The van der Waals surface area contributed by atoms with E-state index in [1.807, 2.05) is 12.2 Å². The molecule has 0 aromatic heterocycles. The van der Waals surface area contributed by atoms with Gasteiger partial charge in [0, 0.05) is 6.54 Å². The van der Waals surface area contributed by atoms with Crippen LogP contribution < -0.4 is 14.8 Å². The molecule has 1 N–H and O–H groups in total. The van der Waals surface area contributed by atoms with E-state index in [1.165, 1.54) is 14.2 Å². The number of benzene rings is 1. The first kappa shape index (κ1) is 21.4. The number of allylic oxidation sites excluding steroid dienone is 2. The highest BCUT2D eigenvalue weighted by Gasteiger charge is 2.47. The number of ether oxygens (including phenoxy) is 3. The molecule has 1 aliphatic heterocycles. The first-order valence-electron chi connectivity index (χ1n) is 9.58. The topological polar surface area (TPSA) is 111 Å². The summed E-state index contributed by atoms with van der Waals surface area (Å²) in [5.74, 6) is -1.72. The molecule has 0 unspecified atom stereocenters. The van der Waals surface area contributed by atoms with Gasteiger partial charge in [0.1, 0.15) is 6.54 Å². The number of esters is 1. The number of carbonyl (C=O) groups is 4. The summed E-state index contributed by atoms with van der Waals surface area (Å²) in [5.41, 5.74) is 0.775. The predicted octanol–water partition coefficient (Wildman–Crippen LogP) is 0.814. The van der Waals surface area contributed by atoms with Crippen LogP contribution in [0, 0.1) is 11.8 Å². The summed E-state index contributed by atoms with van der Waals surface area (Å²) in [6.07, 6.45) is 4.74. The summed E-state index contributed by atoms with van der Waals surface area (Å²) in [5, 5.41) is 2.63. The predicted molar refractivity (Wildman–Crippen MR) is 104 cm³/mol. The van der Waals surface area contributed by atoms with Crippen molar-refractivity contribution in [2.24, 2.45) is 11.8 Å². The highest BCUT2D eigenvalue weighted by molar-refractivity contribution is 6.07. The molecule has 0 radical (unpaired) electrons. The molecule has 9 heteroatoms. The Morgan fingerprint density at radius 2 is 1.67 bits per heavy atom. The highest BCUT2D eigenvalue weighted by Crippen LogP contribution is 2.34. The van der Waals surface area contributed by atoms with Crippen LogP contribution in [0.15, 0.2) is 30.4 Å². The summed E-state index contributed by atoms with van der Waals surface area (Å²) in [6.45, 7) is -0.777. The number of rotatable bonds is 8. The van der Waals surface area contributed by atoms with Crippen molar-refractivity contribution < 1.29 is 33.4 Å². The Labute approximate surface area is 174 Å². The Kier molecular flexibility index (Phi) is 6.71. The second-order valence-electron chi connectivity index (χ2n) is 7.05. The van der Waals surface area contributed by atoms with Crippen molar-refractivity contribution in [1.82, 2.24) is 10.2 Å². The van der Waals surface area contributed by atoms with E-state index in [1.54, 1.807) is 18.2 Å². The van der Waals surface area contributed by atoms with E-state index < -0.39 is 36.9 Å². The van der Waals surface area contributed by atoms with Gasteiger partial charge in [-0.1, -0.05) is 18.2 Å². The second kappa shape index (κ2) is 9.43. The molecule has 1 aromatic rings. The molecule has 2 aliphatic rings. The third-order valence-corrected chi connectivity index (χ3v) is 5.19. The first-order valence-corrected chi connectivity index (χ1v) is 9.58. The van der Waals surface area contributed by atoms with Gasteiger partial charge in [0.05, 0.1) is 26.1 Å². The normalized spacial score (nSPS) is 20.0. The maximum Gasteiger partial charge on any atom is 0.326 e. The lowest BCUT2D eigenvalue weighted by Gasteiger charge is -2.14. The summed E-state index contributed by atoms with van der Waals surface area (Å²) >= 11 is 0. The molecule has 1 heterocycles. The number of amides is 3. The van der Waals surface area contributed by atoms with Crippen molar-refractivity contribution in [3.63, 3.8) is 0 Å². The third-order valence-electron chi connectivity index (χ3n) is 5.19. The Morgan fingerprint density at radius 3 is 2.27 bits per heavy atom. The Balaban J connectivity index is 1.44. The van der Waals surface area contributed by atoms with Crippen molar-refractivity contribution in [3.8, 4) is 11.5 Å². The van der Waals surface area contributed by atoms with Crippen molar-refractivity contribution in [1.29, 1.82) is 0 Å². The number of nitrogens with one attached hydrogen (secondary N) is 1. The summed E-state index contributed by atoms with van der Waals surface area (Å²) < 4.78 is 15.3. The molecule has 1 fully saturated rings. The number of hydrogen-bond donors (Lipinski definition) is 1. The Bertz CT molecular complexity index is 854. The average molecular weight is 416 g/mol. The third kappa shape index (κ3) is 4.61. The van der Waals surface area contributed by atoms with E-state index in [4.69, 9.17) is 14.2 Å². The number of hydrogen-bond acceptors (Lipinski definition) is 7. The van der Waals surface area contributed by atoms with E-state index in [-0.39, 0.29) is 18.4 Å². The molecule has 3 rings (SSSR count). The Morgan fingerprint density at radius 1 is 1.03 bits per heavy atom. The smallest absolute Gasteiger partial charge is 0.326 e. The van der Waals surface area contributed by atoms with Crippen LogP contribution in [0.25, 0.3) is 0 Å². The SMILES string of the molecule is COc1ccc(CNC(=O)COC(=O)CN2C(=O)[C@H]3CC=CC[C@@H]3C2=O)cc1OC. The fourth-order valence-corrected chi connectivity index (χ4v) is 3.59. The van der Waals surface area contributed by atoms with Gasteiger partial charge in [0.2, 0.25) is 11.8 Å². The molecule has 0 spiro atoms. The van der Waals surface area contributed by atoms with Gasteiger partial charge in [-0.05, 0) is 30.5 Å². The van der Waals surface area contributed by atoms with E-state index in [0.29, 0.717) is 24.3 Å². The number of fused-ring (bicyclic) bond motifs is 1. The largest absolute Gasteiger partial charge is 0.493 e. The van der Waals surface area contributed by atoms with Crippen LogP contribution in [0.4, 0.5) is 0 Å². The van der Waals surface area contributed by atoms with Gasteiger partial charge < -0.3 is 19.5 Å². The van der Waals surface area contributed by atoms with E-state index in [2.05, 4.69) is 5.32 Å². The molecular weight excluding hydrogens is 392 g/mol. The maximum atomic E-state index is 12.3. The van der Waals surface area contributed by atoms with Gasteiger partial charge in [-0.2, -0.15) is 0 Å². The molecule has 2 atom stereocenters. The van der Waals surface area contributed by atoms with E-state index in [0.717, 1.165) is 10.5 Å². The minimum absolute atomic E-state index is 0.205. The van der Waals surface area contributed by atoms with Gasteiger partial charge in [-0.3, -0.25) is 24.1 Å². The minimum Gasteiger partial charge on any atom is -0.493 e. The van der Waals surface area contributed by atoms with Crippen LogP contribution >= 0.6 is 0 Å². The van der Waals surface area contributed by atoms with Crippen LogP contribution in [0.3, 0.4) is 0 Å². The molecule has 1 saturated heterocycles. The number of carbonyl (C=O) groups excluding carboxylic acids is 4. The van der Waals surface area contributed by atoms with Crippen molar-refractivity contribution in [2.75, 3.05) is 27.4 Å². The molecule has 1 aromatic carbocycles. The zero-order valence-corrected chi connectivity index (χ0v) is 16.9. The number of nitrogens with zero attached hydrogens (tertiary/aromatic N) is 1. The van der Waals surface area contributed by atoms with Gasteiger partial charge in [0.25, 0.3) is 5.91 Å². The monoisotopic (exact) mass is 416 g/mol. The van der Waals surface area contributed by atoms with Gasteiger partial charge in [0.15, 0.2) is 18.1 Å². The van der Waals surface area contributed by atoms with Crippen molar-refractivity contribution in [3.05, 3.63) is 35.9 Å². The average Bonchev–Trinajstić information content (AvgIpc) is 3.01. The zero-order chi connectivity index (χ0) is 21.7. The van der Waals surface area contributed by atoms with Gasteiger partial charge in [-0.25, -0.2) is 0 Å². The standard InChI is InChI=1S/C21H24N2O7/c1-28-16-8-7-13(9-17(16)29-2)10-22-18(24)12-30-19(25)11-23-20(26)14-5-3-4-6-15(14)21(23)27/h3-4,7-9,14-15H,5-6,10-12H2,1-2H3,(H,22,24)/t14-,15-/m0/s1. The fourth-order valence-electron chi connectivity index (χ4n) is 3.59. The van der Waals surface area contributed by atoms with Crippen molar-refractivity contribution in [2.45, 2.75) is 19.4 Å². The van der Waals surface area contributed by atoms with Crippen LogP contribution in [-0.2, 0) is 30.5 Å². The molecule has 0 bridgehead atoms. The van der Waals surface area contributed by atoms with Crippen LogP contribution in [-0.4, -0.2) is 56.0 Å². The van der Waals surface area contributed by atoms with Gasteiger partial charge >= 0.3 is 5.97 Å². The molecule has 9 nitrogen and oxygen atoms in total. The van der Waals surface area contributed by atoms with Crippen LogP contribution in [0.1, 0.15) is 18.4 Å². The van der Waals surface area contributed by atoms with E-state index >= 15 is 0 Å². The second-order valence-corrected chi connectivity index (χ2v) is 7.05. The van der Waals surface area contributed by atoms with Gasteiger partial charge in [-0.15, -0.1) is 0 Å². The number of likely N-dealkylation sites (tertiary alicyclic amines) is 1. The fraction of sp³-hybridized carbons (Fsp3) is 0.429. The molecule has 30 heavy (non-hydrogen) atoms. The number of imide groups is 1. The number of methoxy groups -OCH3 is 2. The lowest BCUT2D eigenvalue weighted by Crippen LogP contribution is -2.38. The van der Waals surface area contributed by atoms with Crippen molar-refractivity contribution >= 4 is 23.7 Å². The lowest BCUT2D eigenvalue weighted by molar-refractivity contribution is -0.154. The highest BCUT2D eigenvalue weighted by atomic mass is 16.5. The summed E-state index contributed by atoms with van der Waals surface area (Å²) in [7, 11) is 3.04. The molecule has 3 amide bonds. The van der Waals surface area contributed by atoms with Crippen LogP contribution in [0.2, 0.25) is 0 Å². The minimum atomic E-state index is -0.801. The summed E-state index contributed by atoms with van der Waals surface area (Å²) in [6, 6.07) is 5.22. The maximum absolute atomic E-state index is 12.3. The molecular formula is C21H24N2O7. The Hall–Kier alpha value is -3.36.